The fraction of sp³-hybridized carbons (Fsp3) is 0.765. The van der Waals surface area contributed by atoms with E-state index in [1.165, 1.54) is 121 Å². The van der Waals surface area contributed by atoms with Gasteiger partial charge in [-0.3, -0.25) is 0 Å². The first-order chi connectivity index (χ1) is 18.9. The normalized spacial score (nSPS) is 10.5. The van der Waals surface area contributed by atoms with Gasteiger partial charge in [0.05, 0.1) is 12.6 Å². The quantitative estimate of drug-likeness (QED) is 0.0796. The number of carbonyl (C=O) groups is 2. The number of rotatable bonds is 25. The molecule has 0 aliphatic carbocycles. The van der Waals surface area contributed by atoms with Gasteiger partial charge < -0.3 is 24.5 Å². The molecule has 6 heteroatoms. The van der Waals surface area contributed by atoms with Crippen molar-refractivity contribution in [2.45, 2.75) is 156 Å². The molecule has 0 N–H and O–H groups in total. The molecule has 0 aliphatic rings. The van der Waals surface area contributed by atoms with Crippen LogP contribution in [-0.4, -0.2) is 18.5 Å². The average molecular weight is 643 g/mol. The Bertz CT molecular complexity index is 690. The van der Waals surface area contributed by atoms with Crippen LogP contribution < -0.4 is 14.9 Å². The molecular formula is C34H58MoO5. The Morgan fingerprint density at radius 3 is 1.50 bits per heavy atom. The van der Waals surface area contributed by atoms with Crippen molar-refractivity contribution in [3.05, 3.63) is 29.8 Å². The molecule has 0 atom stereocenters. The van der Waals surface area contributed by atoms with E-state index >= 15 is 0 Å². The van der Waals surface area contributed by atoms with Gasteiger partial charge in [0.1, 0.15) is 5.75 Å². The van der Waals surface area contributed by atoms with Crippen LogP contribution in [-0.2, 0) is 25.9 Å². The number of carbonyl (C=O) groups excluding carboxylic acids is 2. The molecule has 0 unspecified atom stereocenters. The van der Waals surface area contributed by atoms with Crippen LogP contribution in [0.4, 0.5) is 0 Å². The van der Waals surface area contributed by atoms with E-state index in [1.807, 2.05) is 0 Å². The first-order valence-electron chi connectivity index (χ1n) is 16.0. The number of hydrogen-bond donors (Lipinski definition) is 0. The Morgan fingerprint density at radius 2 is 1.07 bits per heavy atom. The monoisotopic (exact) mass is 644 g/mol. The van der Waals surface area contributed by atoms with Gasteiger partial charge in [-0.2, -0.15) is 0 Å². The van der Waals surface area contributed by atoms with Crippen LogP contribution in [0.15, 0.2) is 24.3 Å². The SMILES string of the molecule is CC(C)CCCCCCCCCCCCCCC(=O)[O-].CCCCCCCCCOc1ccc(C(=O)[O-])cc1.[Mo+2]. The minimum absolute atomic E-state index is 0. The van der Waals surface area contributed by atoms with Gasteiger partial charge >= 0.3 is 21.1 Å². The number of carboxylic acid groups (broad SMARTS) is 2. The van der Waals surface area contributed by atoms with E-state index in [9.17, 15) is 19.8 Å². The largest absolute Gasteiger partial charge is 2.00 e. The zero-order chi connectivity index (χ0) is 29.0. The predicted octanol–water partition coefficient (Wildman–Crippen LogP) is 8.03. The number of unbranched alkanes of at least 4 members (excludes halogenated alkanes) is 17. The van der Waals surface area contributed by atoms with E-state index in [0.29, 0.717) is 6.61 Å². The van der Waals surface area contributed by atoms with Crippen molar-refractivity contribution < 1.29 is 45.6 Å². The molecule has 0 saturated carbocycles. The molecule has 1 rings (SSSR count). The van der Waals surface area contributed by atoms with Gasteiger partial charge in [0.15, 0.2) is 0 Å². The van der Waals surface area contributed by atoms with Crippen LogP contribution >= 0.6 is 0 Å². The van der Waals surface area contributed by atoms with E-state index < -0.39 is 11.9 Å². The molecular weight excluding hydrogens is 584 g/mol. The average Bonchev–Trinajstić information content (AvgIpc) is 2.90. The smallest absolute Gasteiger partial charge is 0.550 e. The zero-order valence-electron chi connectivity index (χ0n) is 25.9. The number of carboxylic acids is 2. The molecule has 5 nitrogen and oxygen atoms in total. The van der Waals surface area contributed by atoms with Crippen LogP contribution in [0, 0.1) is 5.92 Å². The summed E-state index contributed by atoms with van der Waals surface area (Å²) in [4.78, 5) is 20.8. The Labute approximate surface area is 260 Å². The molecule has 1 aromatic carbocycles. The molecule has 40 heavy (non-hydrogen) atoms. The third-order valence-corrected chi connectivity index (χ3v) is 7.02. The van der Waals surface area contributed by atoms with Crippen molar-refractivity contribution in [2.75, 3.05) is 6.61 Å². The maximum absolute atomic E-state index is 10.6. The number of benzene rings is 1. The third kappa shape index (κ3) is 29.6. The van der Waals surface area contributed by atoms with Crippen molar-refractivity contribution in [3.63, 3.8) is 0 Å². The third-order valence-electron chi connectivity index (χ3n) is 7.02. The Morgan fingerprint density at radius 1 is 0.650 bits per heavy atom. The summed E-state index contributed by atoms with van der Waals surface area (Å²) >= 11 is 0. The predicted molar refractivity (Wildman–Crippen MR) is 159 cm³/mol. The molecule has 0 bridgehead atoms. The molecule has 0 saturated heterocycles. The van der Waals surface area contributed by atoms with Crippen LogP contribution in [0.1, 0.15) is 166 Å². The van der Waals surface area contributed by atoms with Crippen molar-refractivity contribution in [1.29, 1.82) is 0 Å². The van der Waals surface area contributed by atoms with Crippen molar-refractivity contribution >= 4 is 11.9 Å². The van der Waals surface area contributed by atoms with Crippen LogP contribution in [0.3, 0.4) is 0 Å². The standard InChI is InChI=1S/C18H36O2.C16H24O3.Mo/c1-17(2)15-13-11-9-7-5-3-4-6-8-10-12-14-16-18(19)20;1-2-3-4-5-6-7-8-13-19-15-11-9-14(10-12-15)16(17)18;/h17H,3-16H2,1-2H3,(H,19,20);9-12H,2-8,13H2,1H3,(H,17,18);/q;;+2/p-2. The van der Waals surface area contributed by atoms with Gasteiger partial charge in [-0.25, -0.2) is 0 Å². The Hall–Kier alpha value is -1.35. The first kappa shape index (κ1) is 40.8. The molecule has 0 radical (unpaired) electrons. The van der Waals surface area contributed by atoms with Crippen molar-refractivity contribution in [1.82, 2.24) is 0 Å². The van der Waals surface area contributed by atoms with Crippen LogP contribution in [0.5, 0.6) is 5.75 Å². The fourth-order valence-electron chi connectivity index (χ4n) is 4.53. The van der Waals surface area contributed by atoms with E-state index in [4.69, 9.17) is 4.74 Å². The Kier molecular flexibility index (Phi) is 31.2. The molecule has 0 aromatic heterocycles. The number of hydrogen-bond acceptors (Lipinski definition) is 5. The molecule has 230 valence electrons. The van der Waals surface area contributed by atoms with Gasteiger partial charge in [-0.05, 0) is 55.0 Å². The summed E-state index contributed by atoms with van der Waals surface area (Å²) in [5, 5.41) is 20.8. The van der Waals surface area contributed by atoms with Crippen LogP contribution in [0.25, 0.3) is 0 Å². The minimum Gasteiger partial charge on any atom is -0.550 e. The van der Waals surface area contributed by atoms with Gasteiger partial charge in [0, 0.05) is 5.97 Å². The second-order valence-electron chi connectivity index (χ2n) is 11.3. The Balaban J connectivity index is 0. The first-order valence-corrected chi connectivity index (χ1v) is 16.0. The second-order valence-corrected chi connectivity index (χ2v) is 11.3. The van der Waals surface area contributed by atoms with E-state index in [-0.39, 0.29) is 33.0 Å². The summed E-state index contributed by atoms with van der Waals surface area (Å²) in [5.41, 5.74) is 0.184. The van der Waals surface area contributed by atoms with Crippen LogP contribution in [0.2, 0.25) is 0 Å². The topological polar surface area (TPSA) is 89.5 Å². The minimum atomic E-state index is -1.15. The summed E-state index contributed by atoms with van der Waals surface area (Å²) < 4.78 is 5.56. The summed E-state index contributed by atoms with van der Waals surface area (Å²) in [6.07, 6.45) is 25.8. The molecule has 0 fully saturated rings. The number of aliphatic carboxylic acids is 1. The zero-order valence-corrected chi connectivity index (χ0v) is 27.9. The van der Waals surface area contributed by atoms with Crippen molar-refractivity contribution in [2.24, 2.45) is 5.92 Å². The molecule has 1 aromatic rings. The maximum Gasteiger partial charge on any atom is 2.00 e. The number of aromatic carboxylic acids is 1. The molecule has 0 aliphatic heterocycles. The van der Waals surface area contributed by atoms with E-state index in [1.54, 1.807) is 12.1 Å². The summed E-state index contributed by atoms with van der Waals surface area (Å²) in [5.74, 6) is -0.477. The van der Waals surface area contributed by atoms with E-state index in [2.05, 4.69) is 20.8 Å². The van der Waals surface area contributed by atoms with Gasteiger partial charge in [0.25, 0.3) is 0 Å². The van der Waals surface area contributed by atoms with Gasteiger partial charge in [0.2, 0.25) is 0 Å². The van der Waals surface area contributed by atoms with E-state index in [0.717, 1.165) is 30.9 Å². The molecule has 0 spiro atoms. The fourth-order valence-corrected chi connectivity index (χ4v) is 4.53. The second kappa shape index (κ2) is 30.6. The number of ether oxygens (including phenoxy) is 1. The van der Waals surface area contributed by atoms with Gasteiger partial charge in [-0.1, -0.05) is 136 Å². The summed E-state index contributed by atoms with van der Waals surface area (Å²) in [6, 6.07) is 6.36. The summed E-state index contributed by atoms with van der Waals surface area (Å²) in [6.45, 7) is 7.52. The maximum atomic E-state index is 10.6. The van der Waals surface area contributed by atoms with Crippen molar-refractivity contribution in [3.8, 4) is 5.75 Å². The molecule has 0 amide bonds. The molecule has 0 heterocycles. The van der Waals surface area contributed by atoms with Gasteiger partial charge in [-0.15, -0.1) is 0 Å². The summed E-state index contributed by atoms with van der Waals surface area (Å²) in [7, 11) is 0.